The van der Waals surface area contributed by atoms with Crippen molar-refractivity contribution in [3.8, 4) is 0 Å². The standard InChI is InChI=1S/C17H35NS/c1-2-4-6-8-10-14-18-15-11-13-17-19-16-12-9-7-5-3-1/h18H,1-17H2. The summed E-state index contributed by atoms with van der Waals surface area (Å²) in [5, 5.41) is 3.59. The highest BCUT2D eigenvalue weighted by atomic mass is 32.2. The third kappa shape index (κ3) is 13.1. The highest BCUT2D eigenvalue weighted by Gasteiger charge is 1.96. The van der Waals surface area contributed by atoms with E-state index < -0.39 is 0 Å². The smallest absolute Gasteiger partial charge is 0.00486 e. The van der Waals surface area contributed by atoms with Gasteiger partial charge in [-0.25, -0.2) is 0 Å². The van der Waals surface area contributed by atoms with Gasteiger partial charge < -0.3 is 5.32 Å². The van der Waals surface area contributed by atoms with E-state index in [0.717, 1.165) is 0 Å². The Bertz CT molecular complexity index is 91.9. The van der Waals surface area contributed by atoms with E-state index in [1.54, 1.807) is 0 Å². The third-order valence-electron chi connectivity index (χ3n) is 4.03. The Morgan fingerprint density at radius 3 is 1.37 bits per heavy atom. The molecular formula is C17H35NS. The first-order valence-electron chi connectivity index (χ1n) is 8.78. The average molecular weight is 286 g/mol. The first-order valence-corrected chi connectivity index (χ1v) is 9.94. The fourth-order valence-corrected chi connectivity index (χ4v) is 3.75. The first kappa shape index (κ1) is 17.4. The van der Waals surface area contributed by atoms with Crippen LogP contribution in [0.25, 0.3) is 0 Å². The van der Waals surface area contributed by atoms with Crippen LogP contribution in [-0.2, 0) is 0 Å². The Morgan fingerprint density at radius 2 is 0.789 bits per heavy atom. The summed E-state index contributed by atoms with van der Waals surface area (Å²) in [6, 6.07) is 0. The fraction of sp³-hybridized carbons (Fsp3) is 1.00. The molecule has 19 heavy (non-hydrogen) atoms. The van der Waals surface area contributed by atoms with Crippen LogP contribution in [-0.4, -0.2) is 24.6 Å². The molecule has 0 amide bonds. The number of hydrogen-bond acceptors (Lipinski definition) is 2. The van der Waals surface area contributed by atoms with Crippen LogP contribution in [0.5, 0.6) is 0 Å². The molecule has 1 fully saturated rings. The molecule has 1 nitrogen and oxygen atoms in total. The molecule has 1 aliphatic rings. The lowest BCUT2D eigenvalue weighted by atomic mass is 10.1. The molecule has 0 aromatic carbocycles. The highest BCUT2D eigenvalue weighted by molar-refractivity contribution is 7.99. The summed E-state index contributed by atoms with van der Waals surface area (Å²) in [6.07, 6.45) is 18.8. The SMILES string of the molecule is C1CCCCCCNCCCCSCCCCCC1. The van der Waals surface area contributed by atoms with E-state index in [-0.39, 0.29) is 0 Å². The van der Waals surface area contributed by atoms with Crippen molar-refractivity contribution in [3.05, 3.63) is 0 Å². The summed E-state index contributed by atoms with van der Waals surface area (Å²) in [5.41, 5.74) is 0. The summed E-state index contributed by atoms with van der Waals surface area (Å²) in [4.78, 5) is 0. The van der Waals surface area contributed by atoms with Crippen molar-refractivity contribution in [1.29, 1.82) is 0 Å². The molecule has 1 aliphatic heterocycles. The second kappa shape index (κ2) is 14.7. The van der Waals surface area contributed by atoms with Crippen molar-refractivity contribution < 1.29 is 0 Å². The molecule has 0 spiro atoms. The molecular weight excluding hydrogens is 250 g/mol. The Balaban J connectivity index is 2.01. The molecule has 1 heterocycles. The van der Waals surface area contributed by atoms with Crippen molar-refractivity contribution >= 4 is 11.8 Å². The minimum Gasteiger partial charge on any atom is -0.317 e. The molecule has 1 rings (SSSR count). The number of hydrogen-bond donors (Lipinski definition) is 1. The zero-order valence-electron chi connectivity index (χ0n) is 12.9. The molecule has 0 atom stereocenters. The predicted octanol–water partition coefficient (Wildman–Crippen LogP) is 5.39. The Morgan fingerprint density at radius 1 is 0.421 bits per heavy atom. The predicted molar refractivity (Wildman–Crippen MR) is 90.2 cm³/mol. The van der Waals surface area contributed by atoms with E-state index in [0.29, 0.717) is 0 Å². The van der Waals surface area contributed by atoms with Gasteiger partial charge in [-0.15, -0.1) is 0 Å². The third-order valence-corrected chi connectivity index (χ3v) is 5.19. The van der Waals surface area contributed by atoms with Gasteiger partial charge in [0.1, 0.15) is 0 Å². The normalized spacial score (nSPS) is 24.0. The minimum atomic E-state index is 1.24. The Hall–Kier alpha value is 0.310. The van der Waals surface area contributed by atoms with E-state index in [1.165, 1.54) is 108 Å². The van der Waals surface area contributed by atoms with Crippen LogP contribution in [0.1, 0.15) is 83.5 Å². The van der Waals surface area contributed by atoms with Crippen molar-refractivity contribution in [2.45, 2.75) is 83.5 Å². The molecule has 0 saturated carbocycles. The Labute approximate surface area is 125 Å². The molecule has 114 valence electrons. The lowest BCUT2D eigenvalue weighted by molar-refractivity contribution is 0.537. The number of thioether (sulfide) groups is 1. The monoisotopic (exact) mass is 285 g/mol. The van der Waals surface area contributed by atoms with Gasteiger partial charge in [0.15, 0.2) is 0 Å². The minimum absolute atomic E-state index is 1.24. The second-order valence-electron chi connectivity index (χ2n) is 5.96. The summed E-state index contributed by atoms with van der Waals surface area (Å²) < 4.78 is 0. The van der Waals surface area contributed by atoms with E-state index in [1.807, 2.05) is 0 Å². The van der Waals surface area contributed by atoms with E-state index in [9.17, 15) is 0 Å². The zero-order valence-corrected chi connectivity index (χ0v) is 13.7. The van der Waals surface area contributed by atoms with Gasteiger partial charge in [0.25, 0.3) is 0 Å². The van der Waals surface area contributed by atoms with Crippen LogP contribution >= 0.6 is 11.8 Å². The first-order chi connectivity index (χ1) is 9.50. The average Bonchev–Trinajstić information content (AvgIpc) is 2.43. The molecule has 0 aromatic rings. The fourth-order valence-electron chi connectivity index (χ4n) is 2.73. The highest BCUT2D eigenvalue weighted by Crippen LogP contribution is 2.13. The van der Waals surface area contributed by atoms with Crippen molar-refractivity contribution in [3.63, 3.8) is 0 Å². The lowest BCUT2D eigenvalue weighted by Crippen LogP contribution is -2.16. The van der Waals surface area contributed by atoms with Gasteiger partial charge in [-0.1, -0.05) is 57.8 Å². The second-order valence-corrected chi connectivity index (χ2v) is 7.18. The van der Waals surface area contributed by atoms with Crippen LogP contribution in [0.4, 0.5) is 0 Å². The maximum Gasteiger partial charge on any atom is -0.00486 e. The maximum absolute atomic E-state index is 3.59. The van der Waals surface area contributed by atoms with Crippen LogP contribution in [0, 0.1) is 0 Å². The van der Waals surface area contributed by atoms with Gasteiger partial charge >= 0.3 is 0 Å². The van der Waals surface area contributed by atoms with Crippen molar-refractivity contribution in [1.82, 2.24) is 5.32 Å². The van der Waals surface area contributed by atoms with Crippen LogP contribution in [0.3, 0.4) is 0 Å². The molecule has 0 aliphatic carbocycles. The molecule has 0 aromatic heterocycles. The van der Waals surface area contributed by atoms with Crippen LogP contribution in [0.15, 0.2) is 0 Å². The van der Waals surface area contributed by atoms with Gasteiger partial charge in [-0.05, 0) is 50.3 Å². The summed E-state index contributed by atoms with van der Waals surface area (Å²) >= 11 is 2.17. The molecule has 1 saturated heterocycles. The van der Waals surface area contributed by atoms with Crippen LogP contribution < -0.4 is 5.32 Å². The summed E-state index contributed by atoms with van der Waals surface area (Å²) in [6.45, 7) is 2.48. The maximum atomic E-state index is 3.59. The van der Waals surface area contributed by atoms with Crippen molar-refractivity contribution in [2.24, 2.45) is 0 Å². The summed E-state index contributed by atoms with van der Waals surface area (Å²) in [5.74, 6) is 2.77. The Kier molecular flexibility index (Phi) is 13.4. The van der Waals surface area contributed by atoms with Gasteiger partial charge in [0.2, 0.25) is 0 Å². The molecule has 0 unspecified atom stereocenters. The lowest BCUT2D eigenvalue weighted by Gasteiger charge is -2.05. The molecule has 2 heteroatoms. The number of rotatable bonds is 0. The number of nitrogens with one attached hydrogen (secondary N) is 1. The molecule has 0 bridgehead atoms. The van der Waals surface area contributed by atoms with Crippen molar-refractivity contribution in [2.75, 3.05) is 24.6 Å². The van der Waals surface area contributed by atoms with Gasteiger partial charge in [0, 0.05) is 0 Å². The zero-order chi connectivity index (χ0) is 13.4. The van der Waals surface area contributed by atoms with Crippen LogP contribution in [0.2, 0.25) is 0 Å². The van der Waals surface area contributed by atoms with E-state index in [4.69, 9.17) is 0 Å². The quantitative estimate of drug-likeness (QED) is 0.640. The summed E-state index contributed by atoms with van der Waals surface area (Å²) in [7, 11) is 0. The molecule has 1 N–H and O–H groups in total. The van der Waals surface area contributed by atoms with Gasteiger partial charge in [0.05, 0.1) is 0 Å². The van der Waals surface area contributed by atoms with Gasteiger partial charge in [-0.2, -0.15) is 11.8 Å². The topological polar surface area (TPSA) is 12.0 Å². The van der Waals surface area contributed by atoms with E-state index >= 15 is 0 Å². The van der Waals surface area contributed by atoms with E-state index in [2.05, 4.69) is 17.1 Å². The van der Waals surface area contributed by atoms with Gasteiger partial charge in [-0.3, -0.25) is 0 Å². The largest absolute Gasteiger partial charge is 0.317 e. The molecule has 0 radical (unpaired) electrons.